The first kappa shape index (κ1) is 14.1. The van der Waals surface area contributed by atoms with E-state index in [4.69, 9.17) is 4.74 Å². The zero-order valence-electron chi connectivity index (χ0n) is 12.3. The maximum atomic E-state index is 5.85. The van der Waals surface area contributed by atoms with Crippen LogP contribution < -0.4 is 10.1 Å². The lowest BCUT2D eigenvalue weighted by atomic mass is 10.2. The first-order valence-corrected chi connectivity index (χ1v) is 7.45. The van der Waals surface area contributed by atoms with Gasteiger partial charge in [-0.15, -0.1) is 0 Å². The van der Waals surface area contributed by atoms with Crippen LogP contribution in [0.2, 0.25) is 0 Å². The van der Waals surface area contributed by atoms with Gasteiger partial charge in [-0.2, -0.15) is 4.98 Å². The number of hydrogen-bond acceptors (Lipinski definition) is 4. The molecule has 4 nitrogen and oxygen atoms in total. The maximum Gasteiger partial charge on any atom is 0.221 e. The van der Waals surface area contributed by atoms with E-state index in [1.54, 1.807) is 0 Å². The standard InChI is InChI=1S/C15H25N3O/c1-4-5-6-7-10-19-15-11(2)13(16-3)17-14(18-15)12-8-9-12/h12H,4-10H2,1-3H3,(H,16,17,18). The van der Waals surface area contributed by atoms with Crippen LogP contribution in [-0.4, -0.2) is 23.6 Å². The highest BCUT2D eigenvalue weighted by molar-refractivity contribution is 5.48. The van der Waals surface area contributed by atoms with Gasteiger partial charge in [-0.1, -0.05) is 26.2 Å². The van der Waals surface area contributed by atoms with Gasteiger partial charge < -0.3 is 10.1 Å². The summed E-state index contributed by atoms with van der Waals surface area (Å²) in [6, 6.07) is 0. The van der Waals surface area contributed by atoms with Gasteiger partial charge in [-0.25, -0.2) is 4.98 Å². The van der Waals surface area contributed by atoms with Crippen LogP contribution in [0.1, 0.15) is 62.8 Å². The summed E-state index contributed by atoms with van der Waals surface area (Å²) >= 11 is 0. The lowest BCUT2D eigenvalue weighted by Gasteiger charge is -2.12. The molecule has 0 radical (unpaired) electrons. The Hall–Kier alpha value is -1.32. The first-order valence-electron chi connectivity index (χ1n) is 7.45. The van der Waals surface area contributed by atoms with Gasteiger partial charge in [0.05, 0.1) is 12.2 Å². The smallest absolute Gasteiger partial charge is 0.221 e. The van der Waals surface area contributed by atoms with E-state index >= 15 is 0 Å². The van der Waals surface area contributed by atoms with Gasteiger partial charge in [0.15, 0.2) is 0 Å². The van der Waals surface area contributed by atoms with E-state index in [1.807, 2.05) is 14.0 Å². The Morgan fingerprint density at radius 1 is 1.21 bits per heavy atom. The molecule has 0 unspecified atom stereocenters. The molecule has 1 aliphatic carbocycles. The monoisotopic (exact) mass is 263 g/mol. The SMILES string of the molecule is CCCCCCOc1nc(C2CC2)nc(NC)c1C. The van der Waals surface area contributed by atoms with Gasteiger partial charge >= 0.3 is 0 Å². The topological polar surface area (TPSA) is 47.0 Å². The second-order valence-electron chi connectivity index (χ2n) is 5.29. The summed E-state index contributed by atoms with van der Waals surface area (Å²) in [6.07, 6.45) is 7.29. The predicted molar refractivity (Wildman–Crippen MR) is 77.9 cm³/mol. The molecule has 0 spiro atoms. The molecule has 106 valence electrons. The van der Waals surface area contributed by atoms with Crippen molar-refractivity contribution < 1.29 is 4.74 Å². The van der Waals surface area contributed by atoms with Crippen molar-refractivity contribution in [2.75, 3.05) is 19.0 Å². The summed E-state index contributed by atoms with van der Waals surface area (Å²) in [5, 5.41) is 3.14. The Labute approximate surface area is 116 Å². The van der Waals surface area contributed by atoms with E-state index in [1.165, 1.54) is 32.1 Å². The second-order valence-corrected chi connectivity index (χ2v) is 5.29. The van der Waals surface area contributed by atoms with E-state index in [-0.39, 0.29) is 0 Å². The number of rotatable bonds is 8. The van der Waals surface area contributed by atoms with Crippen LogP contribution in [0.3, 0.4) is 0 Å². The van der Waals surface area contributed by atoms with Crippen molar-refractivity contribution in [2.45, 2.75) is 58.3 Å². The minimum atomic E-state index is 0.551. The summed E-state index contributed by atoms with van der Waals surface area (Å²) in [6.45, 7) is 4.99. The number of ether oxygens (including phenoxy) is 1. The Balaban J connectivity index is 1.99. The zero-order chi connectivity index (χ0) is 13.7. The molecule has 0 bridgehead atoms. The van der Waals surface area contributed by atoms with Crippen molar-refractivity contribution in [3.8, 4) is 5.88 Å². The van der Waals surface area contributed by atoms with Gasteiger partial charge in [0.2, 0.25) is 5.88 Å². The average Bonchev–Trinajstić information content (AvgIpc) is 3.24. The van der Waals surface area contributed by atoms with E-state index in [2.05, 4.69) is 22.2 Å². The molecule has 1 heterocycles. The molecular formula is C15H25N3O. The lowest BCUT2D eigenvalue weighted by molar-refractivity contribution is 0.290. The maximum absolute atomic E-state index is 5.85. The third-order valence-corrected chi connectivity index (χ3v) is 3.53. The van der Waals surface area contributed by atoms with Crippen molar-refractivity contribution >= 4 is 5.82 Å². The molecule has 0 amide bonds. The van der Waals surface area contributed by atoms with Crippen molar-refractivity contribution in [1.29, 1.82) is 0 Å². The fourth-order valence-electron chi connectivity index (χ4n) is 2.12. The average molecular weight is 263 g/mol. The van der Waals surface area contributed by atoms with Crippen LogP contribution in [0.25, 0.3) is 0 Å². The molecule has 0 atom stereocenters. The molecule has 1 fully saturated rings. The molecule has 0 saturated heterocycles. The van der Waals surface area contributed by atoms with Gasteiger partial charge in [0.1, 0.15) is 11.6 Å². The molecule has 4 heteroatoms. The van der Waals surface area contributed by atoms with Crippen LogP contribution in [0, 0.1) is 6.92 Å². The van der Waals surface area contributed by atoms with Gasteiger partial charge in [0, 0.05) is 13.0 Å². The zero-order valence-corrected chi connectivity index (χ0v) is 12.3. The molecule has 0 aliphatic heterocycles. The summed E-state index contributed by atoms with van der Waals surface area (Å²) in [5.74, 6) is 3.16. The highest BCUT2D eigenvalue weighted by Crippen LogP contribution is 2.39. The minimum absolute atomic E-state index is 0.551. The third-order valence-electron chi connectivity index (χ3n) is 3.53. The third kappa shape index (κ3) is 3.82. The molecule has 2 rings (SSSR count). The van der Waals surface area contributed by atoms with Crippen LogP contribution in [0.15, 0.2) is 0 Å². The summed E-state index contributed by atoms with van der Waals surface area (Å²) in [4.78, 5) is 9.16. The van der Waals surface area contributed by atoms with Crippen LogP contribution in [0.4, 0.5) is 5.82 Å². The molecule has 1 N–H and O–H groups in total. The Morgan fingerprint density at radius 2 is 2.00 bits per heavy atom. The quantitative estimate of drug-likeness (QED) is 0.727. The van der Waals surface area contributed by atoms with Gasteiger partial charge in [-0.05, 0) is 26.2 Å². The fraction of sp³-hybridized carbons (Fsp3) is 0.733. The Morgan fingerprint density at radius 3 is 2.63 bits per heavy atom. The molecule has 1 aromatic rings. The van der Waals surface area contributed by atoms with Crippen molar-refractivity contribution in [3.05, 3.63) is 11.4 Å². The Kier molecular flexibility index (Phi) is 5.00. The number of nitrogens with zero attached hydrogens (tertiary/aromatic N) is 2. The van der Waals surface area contributed by atoms with E-state index < -0.39 is 0 Å². The molecule has 1 saturated carbocycles. The molecule has 19 heavy (non-hydrogen) atoms. The van der Waals surface area contributed by atoms with E-state index in [0.717, 1.165) is 36.1 Å². The summed E-state index contributed by atoms with van der Waals surface area (Å²) in [7, 11) is 1.90. The van der Waals surface area contributed by atoms with Crippen LogP contribution in [0.5, 0.6) is 5.88 Å². The number of nitrogens with one attached hydrogen (secondary N) is 1. The fourth-order valence-corrected chi connectivity index (χ4v) is 2.12. The molecule has 0 aromatic carbocycles. The van der Waals surface area contributed by atoms with Crippen molar-refractivity contribution in [1.82, 2.24) is 9.97 Å². The highest BCUT2D eigenvalue weighted by atomic mass is 16.5. The predicted octanol–water partition coefficient (Wildman–Crippen LogP) is 3.66. The van der Waals surface area contributed by atoms with E-state index in [9.17, 15) is 0 Å². The summed E-state index contributed by atoms with van der Waals surface area (Å²) in [5.41, 5.74) is 1.02. The number of hydrogen-bond donors (Lipinski definition) is 1. The molecular weight excluding hydrogens is 238 g/mol. The second kappa shape index (κ2) is 6.73. The largest absolute Gasteiger partial charge is 0.477 e. The van der Waals surface area contributed by atoms with Crippen LogP contribution in [-0.2, 0) is 0 Å². The molecule has 1 aromatic heterocycles. The van der Waals surface area contributed by atoms with Crippen LogP contribution >= 0.6 is 0 Å². The first-order chi connectivity index (χ1) is 9.26. The van der Waals surface area contributed by atoms with Crippen molar-refractivity contribution in [2.24, 2.45) is 0 Å². The molecule has 1 aliphatic rings. The minimum Gasteiger partial charge on any atom is -0.477 e. The van der Waals surface area contributed by atoms with Gasteiger partial charge in [0.25, 0.3) is 0 Å². The highest BCUT2D eigenvalue weighted by Gasteiger charge is 2.28. The Bertz CT molecular complexity index is 416. The summed E-state index contributed by atoms with van der Waals surface area (Å²) < 4.78 is 5.85. The van der Waals surface area contributed by atoms with Gasteiger partial charge in [-0.3, -0.25) is 0 Å². The number of aromatic nitrogens is 2. The normalized spacial score (nSPS) is 14.5. The van der Waals surface area contributed by atoms with E-state index in [0.29, 0.717) is 5.92 Å². The van der Waals surface area contributed by atoms with Crippen molar-refractivity contribution in [3.63, 3.8) is 0 Å². The lowest BCUT2D eigenvalue weighted by Crippen LogP contribution is -2.07. The number of unbranched alkanes of at least 4 members (excludes halogenated alkanes) is 3. The number of anilines is 1.